The summed E-state index contributed by atoms with van der Waals surface area (Å²) in [5, 5.41) is 3.00. The maximum Gasteiger partial charge on any atom is 0.238 e. The highest BCUT2D eigenvalue weighted by atomic mass is 16.7. The van der Waals surface area contributed by atoms with Gasteiger partial charge < -0.3 is 19.7 Å². The maximum atomic E-state index is 13.0. The summed E-state index contributed by atoms with van der Waals surface area (Å²) in [6, 6.07) is 6.14. The van der Waals surface area contributed by atoms with E-state index in [1.165, 1.54) is 5.56 Å². The van der Waals surface area contributed by atoms with E-state index >= 15 is 0 Å². The lowest BCUT2D eigenvalue weighted by atomic mass is 10.0. The van der Waals surface area contributed by atoms with Crippen molar-refractivity contribution in [1.82, 2.24) is 15.1 Å². The number of nitrogens with one attached hydrogen (secondary N) is 1. The van der Waals surface area contributed by atoms with Crippen molar-refractivity contribution >= 4 is 11.8 Å². The first-order valence-electron chi connectivity index (χ1n) is 10.2. The molecule has 2 amide bonds. The number of nitrogens with zero attached hydrogens (tertiary/aromatic N) is 2. The Bertz CT molecular complexity index is 754. The predicted molar refractivity (Wildman–Crippen MR) is 104 cm³/mol. The van der Waals surface area contributed by atoms with Crippen LogP contribution in [-0.2, 0) is 16.1 Å². The predicted octanol–water partition coefficient (Wildman–Crippen LogP) is 1.75. The first-order chi connectivity index (χ1) is 13.5. The van der Waals surface area contributed by atoms with Crippen LogP contribution in [0, 0.1) is 5.41 Å². The Labute approximate surface area is 166 Å². The van der Waals surface area contributed by atoms with Gasteiger partial charge in [0.25, 0.3) is 0 Å². The minimum atomic E-state index is -0.803. The van der Waals surface area contributed by atoms with Crippen LogP contribution in [0.4, 0.5) is 0 Å². The second-order valence-electron chi connectivity index (χ2n) is 8.12. The molecule has 3 aliphatic rings. The van der Waals surface area contributed by atoms with Crippen LogP contribution in [0.3, 0.4) is 0 Å². The van der Waals surface area contributed by atoms with Crippen molar-refractivity contribution in [1.29, 1.82) is 0 Å². The number of hydrogen-bond acceptors (Lipinski definition) is 5. The summed E-state index contributed by atoms with van der Waals surface area (Å²) in [4.78, 5) is 29.8. The molecule has 1 aromatic rings. The molecule has 28 heavy (non-hydrogen) atoms. The van der Waals surface area contributed by atoms with E-state index < -0.39 is 5.41 Å². The quantitative estimate of drug-likeness (QED) is 0.753. The lowest BCUT2D eigenvalue weighted by Crippen LogP contribution is -2.53. The van der Waals surface area contributed by atoms with Crippen LogP contribution < -0.4 is 14.8 Å². The van der Waals surface area contributed by atoms with E-state index in [1.807, 2.05) is 30.9 Å². The summed E-state index contributed by atoms with van der Waals surface area (Å²) >= 11 is 0. The monoisotopic (exact) mass is 387 g/mol. The van der Waals surface area contributed by atoms with Crippen LogP contribution in [0.25, 0.3) is 0 Å². The number of amides is 2. The van der Waals surface area contributed by atoms with Gasteiger partial charge in [0.05, 0.1) is 0 Å². The molecule has 2 aliphatic heterocycles. The second kappa shape index (κ2) is 7.62. The first kappa shape index (κ1) is 19.1. The van der Waals surface area contributed by atoms with Gasteiger partial charge >= 0.3 is 0 Å². The molecule has 7 heteroatoms. The van der Waals surface area contributed by atoms with Crippen LogP contribution in [0.2, 0.25) is 0 Å². The highest BCUT2D eigenvalue weighted by Crippen LogP contribution is 2.47. The zero-order valence-electron chi connectivity index (χ0n) is 16.7. The summed E-state index contributed by atoms with van der Waals surface area (Å²) in [6.45, 7) is 8.07. The highest BCUT2D eigenvalue weighted by molar-refractivity contribution is 6.08. The Morgan fingerprint density at radius 2 is 1.86 bits per heavy atom. The highest BCUT2D eigenvalue weighted by Gasteiger charge is 2.58. The molecule has 1 saturated carbocycles. The molecule has 0 bridgehead atoms. The van der Waals surface area contributed by atoms with Gasteiger partial charge in [0, 0.05) is 38.8 Å². The number of hydrogen-bond donors (Lipinski definition) is 1. The summed E-state index contributed by atoms with van der Waals surface area (Å²) in [5.41, 5.74) is 0.374. The van der Waals surface area contributed by atoms with Crippen molar-refractivity contribution in [2.45, 2.75) is 45.7 Å². The Hall–Kier alpha value is -2.28. The van der Waals surface area contributed by atoms with Crippen molar-refractivity contribution < 1.29 is 19.1 Å². The number of carbonyl (C=O) groups is 2. The van der Waals surface area contributed by atoms with Crippen molar-refractivity contribution in [3.63, 3.8) is 0 Å². The standard InChI is InChI=1S/C21H29N3O4/c1-3-15(2)22-19(25)21(6-7-21)20(26)24-10-8-23(9-11-24)13-16-4-5-17-18(12-16)28-14-27-17/h4-5,12,15H,3,6-11,13-14H2,1-2H3,(H,22,25). The molecule has 2 fully saturated rings. The fraction of sp³-hybridized carbons (Fsp3) is 0.619. The van der Waals surface area contributed by atoms with Gasteiger partial charge in [-0.15, -0.1) is 0 Å². The number of benzene rings is 1. The van der Waals surface area contributed by atoms with Gasteiger partial charge in [-0.1, -0.05) is 13.0 Å². The van der Waals surface area contributed by atoms with Crippen molar-refractivity contribution in [3.05, 3.63) is 23.8 Å². The van der Waals surface area contributed by atoms with E-state index in [1.54, 1.807) is 0 Å². The average Bonchev–Trinajstić information content (AvgIpc) is 3.39. The Kier molecular flexibility index (Phi) is 5.19. The third-order valence-electron chi connectivity index (χ3n) is 6.09. The minimum Gasteiger partial charge on any atom is -0.454 e. The zero-order chi connectivity index (χ0) is 19.7. The van der Waals surface area contributed by atoms with Crippen LogP contribution in [-0.4, -0.2) is 60.6 Å². The molecule has 4 rings (SSSR count). The fourth-order valence-electron chi connectivity index (χ4n) is 3.84. The maximum absolute atomic E-state index is 13.0. The lowest BCUT2D eigenvalue weighted by molar-refractivity contribution is -0.145. The second-order valence-corrected chi connectivity index (χ2v) is 8.12. The number of piperazine rings is 1. The zero-order valence-corrected chi connectivity index (χ0v) is 16.7. The van der Waals surface area contributed by atoms with Crippen LogP contribution in [0.1, 0.15) is 38.7 Å². The van der Waals surface area contributed by atoms with Crippen LogP contribution in [0.15, 0.2) is 18.2 Å². The van der Waals surface area contributed by atoms with Crippen molar-refractivity contribution in [2.75, 3.05) is 33.0 Å². The first-order valence-corrected chi connectivity index (χ1v) is 10.2. The van der Waals surface area contributed by atoms with Crippen LogP contribution in [0.5, 0.6) is 11.5 Å². The van der Waals surface area contributed by atoms with Crippen molar-refractivity contribution in [2.24, 2.45) is 5.41 Å². The molecular weight excluding hydrogens is 358 g/mol. The summed E-state index contributed by atoms with van der Waals surface area (Å²) in [7, 11) is 0. The van der Waals surface area contributed by atoms with Gasteiger partial charge in [0.15, 0.2) is 11.5 Å². The summed E-state index contributed by atoms with van der Waals surface area (Å²) < 4.78 is 10.8. The third-order valence-corrected chi connectivity index (χ3v) is 6.09. The van der Waals surface area contributed by atoms with E-state index in [2.05, 4.69) is 16.3 Å². The van der Waals surface area contributed by atoms with Gasteiger partial charge in [-0.25, -0.2) is 0 Å². The van der Waals surface area contributed by atoms with Gasteiger partial charge in [0.1, 0.15) is 5.41 Å². The molecule has 1 aromatic carbocycles. The third kappa shape index (κ3) is 3.68. The van der Waals surface area contributed by atoms with E-state index in [-0.39, 0.29) is 24.6 Å². The van der Waals surface area contributed by atoms with Crippen molar-refractivity contribution in [3.8, 4) is 11.5 Å². The molecule has 1 unspecified atom stereocenters. The summed E-state index contributed by atoms with van der Waals surface area (Å²) in [6.07, 6.45) is 2.21. The topological polar surface area (TPSA) is 71.1 Å². The SMILES string of the molecule is CCC(C)NC(=O)C1(C(=O)N2CCN(Cc3ccc4c(c3)OCO4)CC2)CC1. The number of rotatable bonds is 6. The minimum absolute atomic E-state index is 0.0102. The van der Waals surface area contributed by atoms with E-state index in [0.717, 1.165) is 37.6 Å². The molecule has 1 atom stereocenters. The molecule has 1 saturated heterocycles. The van der Waals surface area contributed by atoms with Gasteiger partial charge in [-0.2, -0.15) is 0 Å². The van der Waals surface area contributed by atoms with Crippen LogP contribution >= 0.6 is 0 Å². The van der Waals surface area contributed by atoms with Gasteiger partial charge in [-0.05, 0) is 43.9 Å². The molecule has 0 radical (unpaired) electrons. The smallest absolute Gasteiger partial charge is 0.238 e. The lowest BCUT2D eigenvalue weighted by Gasteiger charge is -2.36. The number of ether oxygens (including phenoxy) is 2. The largest absolute Gasteiger partial charge is 0.454 e. The van der Waals surface area contributed by atoms with Gasteiger partial charge in [-0.3, -0.25) is 14.5 Å². The molecule has 152 valence electrons. The Balaban J connectivity index is 1.30. The number of carbonyl (C=O) groups excluding carboxylic acids is 2. The van der Waals surface area contributed by atoms with Gasteiger partial charge in [0.2, 0.25) is 18.6 Å². The number of fused-ring (bicyclic) bond motifs is 1. The molecule has 0 aromatic heterocycles. The Morgan fingerprint density at radius 1 is 1.14 bits per heavy atom. The molecular formula is C21H29N3O4. The molecule has 1 aliphatic carbocycles. The molecule has 2 heterocycles. The molecule has 1 N–H and O–H groups in total. The van der Waals surface area contributed by atoms with E-state index in [4.69, 9.17) is 9.47 Å². The molecule has 7 nitrogen and oxygen atoms in total. The summed E-state index contributed by atoms with van der Waals surface area (Å²) in [5.74, 6) is 1.52. The normalized spacial score (nSPS) is 21.3. The fourth-order valence-corrected chi connectivity index (χ4v) is 3.84. The van der Waals surface area contributed by atoms with E-state index in [9.17, 15) is 9.59 Å². The Morgan fingerprint density at radius 3 is 2.54 bits per heavy atom. The van der Waals surface area contributed by atoms with E-state index in [0.29, 0.717) is 25.9 Å². The average molecular weight is 387 g/mol. The molecule has 0 spiro atoms.